The zero-order valence-electron chi connectivity index (χ0n) is 9.35. The molecule has 1 fully saturated rings. The van der Waals surface area contributed by atoms with Crippen LogP contribution in [-0.2, 0) is 6.54 Å². The zero-order chi connectivity index (χ0) is 11.5. The molecule has 0 spiro atoms. The Balaban J connectivity index is 2.11. The number of nitrogens with one attached hydrogen (secondary N) is 1. The maximum Gasteiger partial charge on any atom is 0.343 e. The lowest BCUT2D eigenvalue weighted by molar-refractivity contribution is 0.188. The van der Waals surface area contributed by atoms with Crippen LogP contribution in [0.4, 0.5) is 0 Å². The van der Waals surface area contributed by atoms with Crippen LogP contribution < -0.4 is 5.69 Å². The Bertz CT molecular complexity index is 401. The first kappa shape index (κ1) is 11.7. The van der Waals surface area contributed by atoms with Crippen molar-refractivity contribution in [3.05, 3.63) is 10.5 Å². The minimum absolute atomic E-state index is 0.156. The Morgan fingerprint density at radius 1 is 1.62 bits per heavy atom. The van der Waals surface area contributed by atoms with Gasteiger partial charge in [-0.3, -0.25) is 4.57 Å². The standard InChI is InChI=1S/C10H17N3O2S/c1-2-6-13-9(15)11-12-10(13)16-8-5-3-4-7(8)14/h7-8,14H,2-6H2,1H3,(H,11,15)/t7-,8-/m1/s1. The van der Waals surface area contributed by atoms with Gasteiger partial charge in [-0.05, 0) is 25.7 Å². The number of aromatic amines is 1. The molecule has 2 N–H and O–H groups in total. The average Bonchev–Trinajstić information content (AvgIpc) is 2.80. The number of thioether (sulfide) groups is 1. The highest BCUT2D eigenvalue weighted by molar-refractivity contribution is 7.99. The summed E-state index contributed by atoms with van der Waals surface area (Å²) in [5, 5.41) is 17.1. The lowest BCUT2D eigenvalue weighted by atomic mass is 10.3. The first-order chi connectivity index (χ1) is 7.72. The molecule has 2 atom stereocenters. The van der Waals surface area contributed by atoms with Crippen molar-refractivity contribution in [2.75, 3.05) is 0 Å². The molecule has 90 valence electrons. The third kappa shape index (κ3) is 2.32. The minimum Gasteiger partial charge on any atom is -0.392 e. The smallest absolute Gasteiger partial charge is 0.343 e. The number of rotatable bonds is 4. The second-order valence-corrected chi connectivity index (χ2v) is 5.32. The van der Waals surface area contributed by atoms with E-state index in [-0.39, 0.29) is 17.0 Å². The zero-order valence-corrected chi connectivity index (χ0v) is 10.2. The lowest BCUT2D eigenvalue weighted by Gasteiger charge is -2.13. The second kappa shape index (κ2) is 5.05. The molecule has 2 rings (SSSR count). The van der Waals surface area contributed by atoms with E-state index in [0.717, 1.165) is 25.7 Å². The molecule has 1 aliphatic carbocycles. The van der Waals surface area contributed by atoms with Crippen molar-refractivity contribution in [2.45, 2.75) is 55.7 Å². The Morgan fingerprint density at radius 3 is 3.06 bits per heavy atom. The Morgan fingerprint density at radius 2 is 2.44 bits per heavy atom. The summed E-state index contributed by atoms with van der Waals surface area (Å²) in [4.78, 5) is 11.5. The minimum atomic E-state index is -0.258. The number of aromatic nitrogens is 3. The van der Waals surface area contributed by atoms with E-state index >= 15 is 0 Å². The van der Waals surface area contributed by atoms with E-state index in [2.05, 4.69) is 10.2 Å². The van der Waals surface area contributed by atoms with Gasteiger partial charge < -0.3 is 5.11 Å². The van der Waals surface area contributed by atoms with Gasteiger partial charge in [-0.25, -0.2) is 9.89 Å². The molecule has 0 amide bonds. The molecule has 16 heavy (non-hydrogen) atoms. The van der Waals surface area contributed by atoms with E-state index in [1.165, 1.54) is 11.8 Å². The van der Waals surface area contributed by atoms with Crippen molar-refractivity contribution in [1.29, 1.82) is 0 Å². The summed E-state index contributed by atoms with van der Waals surface area (Å²) in [6.07, 6.45) is 3.56. The van der Waals surface area contributed by atoms with Gasteiger partial charge in [0.15, 0.2) is 5.16 Å². The van der Waals surface area contributed by atoms with Crippen LogP contribution >= 0.6 is 11.8 Å². The van der Waals surface area contributed by atoms with Gasteiger partial charge in [0.25, 0.3) is 0 Å². The van der Waals surface area contributed by atoms with Gasteiger partial charge >= 0.3 is 5.69 Å². The van der Waals surface area contributed by atoms with E-state index in [9.17, 15) is 9.90 Å². The summed E-state index contributed by atoms with van der Waals surface area (Å²) in [5.74, 6) is 0. The fraction of sp³-hybridized carbons (Fsp3) is 0.800. The number of aliphatic hydroxyl groups excluding tert-OH is 1. The van der Waals surface area contributed by atoms with E-state index in [0.29, 0.717) is 11.7 Å². The molecule has 1 aromatic rings. The first-order valence-corrected chi connectivity index (χ1v) is 6.60. The molecule has 1 saturated carbocycles. The van der Waals surface area contributed by atoms with E-state index < -0.39 is 0 Å². The van der Waals surface area contributed by atoms with Gasteiger partial charge in [-0.1, -0.05) is 18.7 Å². The van der Waals surface area contributed by atoms with Crippen LogP contribution in [0.3, 0.4) is 0 Å². The third-order valence-electron chi connectivity index (χ3n) is 2.84. The summed E-state index contributed by atoms with van der Waals surface area (Å²) in [6, 6.07) is 0. The quantitative estimate of drug-likeness (QED) is 0.827. The van der Waals surface area contributed by atoms with Crippen molar-refractivity contribution >= 4 is 11.8 Å². The molecule has 1 heterocycles. The van der Waals surface area contributed by atoms with E-state index in [1.807, 2.05) is 6.92 Å². The lowest BCUT2D eigenvalue weighted by Crippen LogP contribution is -2.20. The van der Waals surface area contributed by atoms with Crippen LogP contribution in [-0.4, -0.2) is 31.2 Å². The normalized spacial score (nSPS) is 25.1. The molecule has 0 bridgehead atoms. The molecule has 1 aromatic heterocycles. The average molecular weight is 243 g/mol. The largest absolute Gasteiger partial charge is 0.392 e. The van der Waals surface area contributed by atoms with Gasteiger partial charge in [-0.15, -0.1) is 5.10 Å². The number of nitrogens with zero attached hydrogens (tertiary/aromatic N) is 2. The fourth-order valence-corrected chi connectivity index (χ4v) is 3.24. The van der Waals surface area contributed by atoms with Gasteiger partial charge in [0.2, 0.25) is 0 Å². The summed E-state index contributed by atoms with van der Waals surface area (Å²) < 4.78 is 1.65. The van der Waals surface area contributed by atoms with Crippen LogP contribution in [0.1, 0.15) is 32.6 Å². The molecule has 0 saturated heterocycles. The summed E-state index contributed by atoms with van der Waals surface area (Å²) >= 11 is 1.52. The highest BCUT2D eigenvalue weighted by atomic mass is 32.2. The van der Waals surface area contributed by atoms with E-state index in [1.54, 1.807) is 4.57 Å². The van der Waals surface area contributed by atoms with Gasteiger partial charge in [-0.2, -0.15) is 0 Å². The molecular weight excluding hydrogens is 226 g/mol. The SMILES string of the molecule is CCCn1c(S[C@@H]2CCC[C@H]2O)n[nH]c1=O. The van der Waals surface area contributed by atoms with Crippen LogP contribution in [0.25, 0.3) is 0 Å². The molecular formula is C10H17N3O2S. The number of hydrogen-bond acceptors (Lipinski definition) is 4. The Labute approximate surface area is 98.3 Å². The van der Waals surface area contributed by atoms with Gasteiger partial charge in [0.05, 0.1) is 6.10 Å². The molecule has 0 aromatic carbocycles. The van der Waals surface area contributed by atoms with Crippen LogP contribution in [0.2, 0.25) is 0 Å². The maximum atomic E-state index is 11.5. The summed E-state index contributed by atoms with van der Waals surface area (Å²) in [7, 11) is 0. The topological polar surface area (TPSA) is 70.9 Å². The van der Waals surface area contributed by atoms with Gasteiger partial charge in [0.1, 0.15) is 0 Å². The number of aliphatic hydroxyl groups is 1. The number of hydrogen-bond donors (Lipinski definition) is 2. The van der Waals surface area contributed by atoms with Crippen LogP contribution in [0.15, 0.2) is 9.95 Å². The fourth-order valence-electron chi connectivity index (χ4n) is 1.99. The highest BCUT2D eigenvalue weighted by Gasteiger charge is 2.27. The molecule has 0 radical (unpaired) electrons. The Kier molecular flexibility index (Phi) is 3.70. The molecule has 0 aliphatic heterocycles. The third-order valence-corrected chi connectivity index (χ3v) is 4.22. The van der Waals surface area contributed by atoms with Crippen molar-refractivity contribution in [2.24, 2.45) is 0 Å². The maximum absolute atomic E-state index is 11.5. The van der Waals surface area contributed by atoms with Crippen molar-refractivity contribution in [3.63, 3.8) is 0 Å². The summed E-state index contributed by atoms with van der Waals surface area (Å²) in [5.41, 5.74) is -0.156. The van der Waals surface area contributed by atoms with Crippen LogP contribution in [0.5, 0.6) is 0 Å². The molecule has 5 nitrogen and oxygen atoms in total. The van der Waals surface area contributed by atoms with Crippen molar-refractivity contribution < 1.29 is 5.11 Å². The highest BCUT2D eigenvalue weighted by Crippen LogP contribution is 2.33. The van der Waals surface area contributed by atoms with E-state index in [4.69, 9.17) is 0 Å². The summed E-state index contributed by atoms with van der Waals surface area (Å²) in [6.45, 7) is 2.71. The molecule has 6 heteroatoms. The van der Waals surface area contributed by atoms with Crippen molar-refractivity contribution in [3.8, 4) is 0 Å². The van der Waals surface area contributed by atoms with Gasteiger partial charge in [0, 0.05) is 11.8 Å². The predicted molar refractivity (Wildman–Crippen MR) is 62.6 cm³/mol. The predicted octanol–water partition coefficient (Wildman–Crippen LogP) is 0.987. The van der Waals surface area contributed by atoms with Crippen LogP contribution in [0, 0.1) is 0 Å². The molecule has 0 unspecified atom stereocenters. The second-order valence-electron chi connectivity index (χ2n) is 4.12. The number of H-pyrrole nitrogens is 1. The monoisotopic (exact) mass is 243 g/mol. The molecule has 1 aliphatic rings. The first-order valence-electron chi connectivity index (χ1n) is 5.72. The van der Waals surface area contributed by atoms with Crippen molar-refractivity contribution in [1.82, 2.24) is 14.8 Å². The Hall–Kier alpha value is -0.750.